The van der Waals surface area contributed by atoms with Crippen LogP contribution in [-0.2, 0) is 4.79 Å². The van der Waals surface area contributed by atoms with Crippen LogP contribution in [0.3, 0.4) is 0 Å². The first-order valence-corrected chi connectivity index (χ1v) is 5.77. The number of pyridine rings is 1. The minimum atomic E-state index is -0.0684. The number of anilines is 2. The molecule has 1 aromatic rings. The van der Waals surface area contributed by atoms with Gasteiger partial charge >= 0.3 is 0 Å². The van der Waals surface area contributed by atoms with Crippen molar-refractivity contribution in [3.63, 3.8) is 0 Å². The zero-order valence-electron chi connectivity index (χ0n) is 8.90. The predicted octanol–water partition coefficient (Wildman–Crippen LogP) is 1.90. The molecule has 3 rings (SSSR count). The molecular formula is C11H12ClN3O. The van der Waals surface area contributed by atoms with Gasteiger partial charge in [-0.15, -0.1) is 0 Å². The lowest BCUT2D eigenvalue weighted by atomic mass is 10.0. The van der Waals surface area contributed by atoms with E-state index in [-0.39, 0.29) is 11.9 Å². The van der Waals surface area contributed by atoms with Crippen molar-refractivity contribution < 1.29 is 4.79 Å². The summed E-state index contributed by atoms with van der Waals surface area (Å²) >= 11 is 5.86. The van der Waals surface area contributed by atoms with Gasteiger partial charge in [-0.3, -0.25) is 4.79 Å². The molecule has 2 aliphatic heterocycles. The van der Waals surface area contributed by atoms with Crippen molar-refractivity contribution in [3.8, 4) is 0 Å². The molecule has 0 bridgehead atoms. The highest BCUT2D eigenvalue weighted by molar-refractivity contribution is 6.31. The number of halogens is 1. The zero-order valence-corrected chi connectivity index (χ0v) is 9.66. The van der Waals surface area contributed by atoms with Crippen LogP contribution in [0, 0.1) is 5.92 Å². The molecule has 2 aliphatic rings. The third-order valence-corrected chi connectivity index (χ3v) is 3.54. The summed E-state index contributed by atoms with van der Waals surface area (Å²) in [5.74, 6) is 1.28. The molecule has 16 heavy (non-hydrogen) atoms. The Morgan fingerprint density at radius 2 is 2.44 bits per heavy atom. The average Bonchev–Trinajstić information content (AvgIpc) is 2.61. The van der Waals surface area contributed by atoms with Gasteiger partial charge in [-0.05, 0) is 18.4 Å². The molecule has 1 amide bonds. The summed E-state index contributed by atoms with van der Waals surface area (Å²) in [7, 11) is 0. The first-order valence-electron chi connectivity index (χ1n) is 5.40. The topological polar surface area (TPSA) is 45.2 Å². The van der Waals surface area contributed by atoms with Crippen molar-refractivity contribution >= 4 is 29.0 Å². The van der Waals surface area contributed by atoms with Gasteiger partial charge in [-0.1, -0.05) is 18.5 Å². The van der Waals surface area contributed by atoms with Crippen LogP contribution in [0.5, 0.6) is 0 Å². The number of amides is 1. The maximum absolute atomic E-state index is 11.9. The summed E-state index contributed by atoms with van der Waals surface area (Å²) in [4.78, 5) is 18.3. The van der Waals surface area contributed by atoms with E-state index in [1.54, 1.807) is 12.3 Å². The molecule has 1 aromatic heterocycles. The van der Waals surface area contributed by atoms with Gasteiger partial charge < -0.3 is 10.2 Å². The SMILES string of the molecule is CC1CCN2c3ncc(Cl)cc3NC(=O)C12. The lowest BCUT2D eigenvalue weighted by Gasteiger charge is -2.33. The molecule has 4 nitrogen and oxygen atoms in total. The lowest BCUT2D eigenvalue weighted by molar-refractivity contribution is -0.118. The van der Waals surface area contributed by atoms with Crippen LogP contribution < -0.4 is 10.2 Å². The van der Waals surface area contributed by atoms with Crippen molar-refractivity contribution in [2.75, 3.05) is 16.8 Å². The number of carbonyl (C=O) groups excluding carboxylic acids is 1. The van der Waals surface area contributed by atoms with Crippen LogP contribution in [0.1, 0.15) is 13.3 Å². The Bertz CT molecular complexity index is 463. The molecule has 2 atom stereocenters. The third-order valence-electron chi connectivity index (χ3n) is 3.33. The van der Waals surface area contributed by atoms with E-state index in [4.69, 9.17) is 11.6 Å². The van der Waals surface area contributed by atoms with Gasteiger partial charge in [-0.2, -0.15) is 0 Å². The molecule has 1 saturated heterocycles. The molecular weight excluding hydrogens is 226 g/mol. The molecule has 1 fully saturated rings. The van der Waals surface area contributed by atoms with Gasteiger partial charge in [0.05, 0.1) is 10.7 Å². The van der Waals surface area contributed by atoms with Crippen LogP contribution in [0.2, 0.25) is 5.02 Å². The maximum Gasteiger partial charge on any atom is 0.247 e. The zero-order chi connectivity index (χ0) is 11.3. The van der Waals surface area contributed by atoms with Gasteiger partial charge in [0.25, 0.3) is 0 Å². The van der Waals surface area contributed by atoms with Crippen molar-refractivity contribution in [1.82, 2.24) is 4.98 Å². The largest absolute Gasteiger partial charge is 0.343 e. The molecule has 84 valence electrons. The smallest absolute Gasteiger partial charge is 0.247 e. The number of hydrogen-bond donors (Lipinski definition) is 1. The second kappa shape index (κ2) is 3.35. The van der Waals surface area contributed by atoms with Crippen molar-refractivity contribution in [2.45, 2.75) is 19.4 Å². The number of hydrogen-bond acceptors (Lipinski definition) is 3. The van der Waals surface area contributed by atoms with Crippen LogP contribution in [-0.4, -0.2) is 23.5 Å². The number of fused-ring (bicyclic) bond motifs is 3. The Balaban J connectivity index is 2.09. The molecule has 0 spiro atoms. The first-order chi connectivity index (χ1) is 7.66. The Kier molecular flexibility index (Phi) is 2.07. The highest BCUT2D eigenvalue weighted by Gasteiger charge is 2.41. The highest BCUT2D eigenvalue weighted by Crippen LogP contribution is 2.38. The van der Waals surface area contributed by atoms with E-state index in [9.17, 15) is 4.79 Å². The van der Waals surface area contributed by atoms with E-state index < -0.39 is 0 Å². The second-order valence-electron chi connectivity index (χ2n) is 4.42. The van der Waals surface area contributed by atoms with Gasteiger partial charge in [0.15, 0.2) is 5.82 Å². The van der Waals surface area contributed by atoms with Crippen molar-refractivity contribution in [1.29, 1.82) is 0 Å². The minimum Gasteiger partial charge on any atom is -0.343 e. The fourth-order valence-electron chi connectivity index (χ4n) is 2.54. The predicted molar refractivity (Wildman–Crippen MR) is 62.8 cm³/mol. The Morgan fingerprint density at radius 3 is 3.25 bits per heavy atom. The summed E-state index contributed by atoms with van der Waals surface area (Å²) in [6.07, 6.45) is 2.65. The highest BCUT2D eigenvalue weighted by atomic mass is 35.5. The lowest BCUT2D eigenvalue weighted by Crippen LogP contribution is -2.46. The van der Waals surface area contributed by atoms with Crippen LogP contribution in [0.25, 0.3) is 0 Å². The van der Waals surface area contributed by atoms with E-state index >= 15 is 0 Å². The monoisotopic (exact) mass is 237 g/mol. The fourth-order valence-corrected chi connectivity index (χ4v) is 2.70. The summed E-state index contributed by atoms with van der Waals surface area (Å²) in [5.41, 5.74) is 0.725. The van der Waals surface area contributed by atoms with E-state index in [0.717, 1.165) is 24.5 Å². The van der Waals surface area contributed by atoms with Gasteiger partial charge in [0.1, 0.15) is 6.04 Å². The van der Waals surface area contributed by atoms with E-state index in [1.165, 1.54) is 0 Å². The van der Waals surface area contributed by atoms with Crippen molar-refractivity contribution in [2.24, 2.45) is 5.92 Å². The minimum absolute atomic E-state index is 0.0570. The molecule has 5 heteroatoms. The van der Waals surface area contributed by atoms with E-state index in [2.05, 4.69) is 22.1 Å². The second-order valence-corrected chi connectivity index (χ2v) is 4.85. The molecule has 0 saturated carbocycles. The Labute approximate surface area is 98.6 Å². The summed E-state index contributed by atoms with van der Waals surface area (Å²) in [6.45, 7) is 2.99. The molecule has 0 radical (unpaired) electrons. The van der Waals surface area contributed by atoms with Gasteiger partial charge in [0.2, 0.25) is 5.91 Å². The molecule has 3 heterocycles. The Hall–Kier alpha value is -1.29. The molecule has 1 N–H and O–H groups in total. The van der Waals surface area contributed by atoms with E-state index in [0.29, 0.717) is 10.9 Å². The number of carbonyl (C=O) groups is 1. The summed E-state index contributed by atoms with van der Waals surface area (Å²) < 4.78 is 0. The number of nitrogens with zero attached hydrogens (tertiary/aromatic N) is 2. The number of aromatic nitrogens is 1. The molecule has 2 unspecified atom stereocenters. The third kappa shape index (κ3) is 1.29. The summed E-state index contributed by atoms with van der Waals surface area (Å²) in [5, 5.41) is 3.42. The molecule has 0 aromatic carbocycles. The summed E-state index contributed by atoms with van der Waals surface area (Å²) in [6, 6.07) is 1.68. The van der Waals surface area contributed by atoms with Crippen LogP contribution >= 0.6 is 11.6 Å². The van der Waals surface area contributed by atoms with Crippen molar-refractivity contribution in [3.05, 3.63) is 17.3 Å². The molecule has 0 aliphatic carbocycles. The van der Waals surface area contributed by atoms with E-state index in [1.807, 2.05) is 0 Å². The van der Waals surface area contributed by atoms with Crippen LogP contribution in [0.4, 0.5) is 11.5 Å². The first kappa shape index (κ1) is 9.90. The quantitative estimate of drug-likeness (QED) is 0.750. The standard InChI is InChI=1S/C11H12ClN3O/c1-6-2-3-15-9(6)11(16)14-8-4-7(12)5-13-10(8)15/h4-6,9H,2-3H2,1H3,(H,14,16). The van der Waals surface area contributed by atoms with Gasteiger partial charge in [-0.25, -0.2) is 4.98 Å². The Morgan fingerprint density at radius 1 is 1.62 bits per heavy atom. The number of nitrogens with one attached hydrogen (secondary N) is 1. The van der Waals surface area contributed by atoms with Crippen LogP contribution in [0.15, 0.2) is 12.3 Å². The number of rotatable bonds is 0. The average molecular weight is 238 g/mol. The normalized spacial score (nSPS) is 27.4. The van der Waals surface area contributed by atoms with Gasteiger partial charge in [0, 0.05) is 12.7 Å². The fraction of sp³-hybridized carbons (Fsp3) is 0.455. The maximum atomic E-state index is 11.9.